The molecule has 0 spiro atoms. The van der Waals surface area contributed by atoms with Gasteiger partial charge in [0.25, 0.3) is 0 Å². The van der Waals surface area contributed by atoms with Crippen LogP contribution in [0.5, 0.6) is 0 Å². The fourth-order valence-corrected chi connectivity index (χ4v) is 4.29. The Morgan fingerprint density at radius 1 is 0.867 bits per heavy atom. The zero-order valence-corrected chi connectivity index (χ0v) is 17.8. The quantitative estimate of drug-likeness (QED) is 0.312. The Hall–Kier alpha value is -3.33. The molecule has 5 aromatic rings. The van der Waals surface area contributed by atoms with Crippen molar-refractivity contribution in [1.82, 2.24) is 9.55 Å². The highest BCUT2D eigenvalue weighted by molar-refractivity contribution is 5.95. The second-order valence-electron chi connectivity index (χ2n) is 8.43. The largest absolute Gasteiger partial charge is 0.464 e. The number of hydrogen-bond acceptors (Lipinski definition) is 2. The lowest BCUT2D eigenvalue weighted by atomic mass is 9.92. The van der Waals surface area contributed by atoms with Crippen molar-refractivity contribution in [2.45, 2.75) is 39.5 Å². The molecule has 30 heavy (non-hydrogen) atoms. The van der Waals surface area contributed by atoms with Crippen molar-refractivity contribution < 1.29 is 5.79 Å². The van der Waals surface area contributed by atoms with Gasteiger partial charge < -0.3 is 4.42 Å². The molecule has 0 fully saturated rings. The average molecular weight is 396 g/mol. The molecule has 0 atom stereocenters. The monoisotopic (exact) mass is 395 g/mol. The zero-order chi connectivity index (χ0) is 21.7. The molecule has 5 rings (SSSR count). The molecule has 3 nitrogen and oxygen atoms in total. The van der Waals surface area contributed by atoms with Crippen LogP contribution in [-0.4, -0.2) is 9.55 Å². The number of benzene rings is 3. The van der Waals surface area contributed by atoms with Crippen molar-refractivity contribution in [1.29, 1.82) is 0 Å². The van der Waals surface area contributed by atoms with E-state index in [4.69, 9.17) is 10.8 Å². The fraction of sp³-hybridized carbons (Fsp3) is 0.222. The molecule has 0 bridgehead atoms. The molecule has 2 heterocycles. The van der Waals surface area contributed by atoms with Gasteiger partial charge in [-0.25, -0.2) is 4.98 Å². The summed E-state index contributed by atoms with van der Waals surface area (Å²) in [6.45, 7) is 8.95. The fourth-order valence-electron chi connectivity index (χ4n) is 4.29. The minimum Gasteiger partial charge on any atom is -0.464 e. The van der Waals surface area contributed by atoms with Crippen LogP contribution in [0.3, 0.4) is 0 Å². The number of aromatic nitrogens is 2. The van der Waals surface area contributed by atoms with Crippen LogP contribution >= 0.6 is 0 Å². The van der Waals surface area contributed by atoms with Crippen LogP contribution < -0.4 is 0 Å². The normalized spacial score (nSPS) is 12.4. The van der Waals surface area contributed by atoms with Crippen molar-refractivity contribution in [3.05, 3.63) is 84.1 Å². The Labute approximate surface area is 178 Å². The zero-order valence-electron chi connectivity index (χ0n) is 18.8. The van der Waals surface area contributed by atoms with Crippen molar-refractivity contribution in [2.75, 3.05) is 0 Å². The molecule has 0 saturated carbocycles. The highest BCUT2D eigenvalue weighted by Crippen LogP contribution is 2.39. The van der Waals surface area contributed by atoms with E-state index in [0.717, 1.165) is 33.4 Å². The molecule has 0 N–H and O–H groups in total. The Morgan fingerprint density at radius 2 is 1.60 bits per heavy atom. The number of furan rings is 1. The molecule has 0 aliphatic heterocycles. The van der Waals surface area contributed by atoms with E-state index < -0.39 is 0 Å². The maximum absolute atomic E-state index is 8.11. The van der Waals surface area contributed by atoms with Crippen molar-refractivity contribution >= 4 is 22.0 Å². The summed E-state index contributed by atoms with van der Waals surface area (Å²) in [6.07, 6.45) is 1.77. The van der Waals surface area contributed by atoms with Crippen LogP contribution in [0.2, 0.25) is 0 Å². The number of fused-ring (bicyclic) bond motifs is 2. The van der Waals surface area contributed by atoms with Crippen molar-refractivity contribution in [2.24, 2.45) is 0 Å². The topological polar surface area (TPSA) is 31.0 Å². The van der Waals surface area contributed by atoms with E-state index in [0.29, 0.717) is 17.9 Å². The Kier molecular flexibility index (Phi) is 4.19. The van der Waals surface area contributed by atoms with Crippen molar-refractivity contribution in [3.8, 4) is 17.1 Å². The molecule has 150 valence electrons. The molecule has 0 saturated heterocycles. The third-order valence-corrected chi connectivity index (χ3v) is 5.79. The van der Waals surface area contributed by atoms with Gasteiger partial charge in [0.2, 0.25) is 0 Å². The Balaban J connectivity index is 1.93. The number of hydrogen-bond donors (Lipinski definition) is 0. The van der Waals surface area contributed by atoms with Crippen molar-refractivity contribution in [3.63, 3.8) is 0 Å². The van der Waals surface area contributed by atoms with Gasteiger partial charge >= 0.3 is 0 Å². The van der Waals surface area contributed by atoms with E-state index >= 15 is 0 Å². The number of nitrogens with zero attached hydrogens (tertiary/aromatic N) is 2. The summed E-state index contributed by atoms with van der Waals surface area (Å²) in [7, 11) is 0. The van der Waals surface area contributed by atoms with Gasteiger partial charge in [-0.05, 0) is 41.2 Å². The second-order valence-corrected chi connectivity index (χ2v) is 8.43. The maximum Gasteiger partial charge on any atom is 0.149 e. The lowest BCUT2D eigenvalue weighted by Crippen LogP contribution is -2.08. The van der Waals surface area contributed by atoms with E-state index in [1.54, 1.807) is 12.3 Å². The maximum atomic E-state index is 8.11. The van der Waals surface area contributed by atoms with Gasteiger partial charge in [-0.3, -0.25) is 4.57 Å². The molecule has 0 amide bonds. The number of rotatable bonds is 4. The summed E-state index contributed by atoms with van der Waals surface area (Å²) < 4.78 is 16.3. The standard InChI is InChI=1S/C27H26N2O/c1-17(2)19-11-9-12-20(18(3)4)26(19)29-24-14-7-6-13-23(24)28-27(29)22-16-30-25-15-8-5-10-21(22)25/h5-18H,1-4H3/i5D. The summed E-state index contributed by atoms with van der Waals surface area (Å²) in [5.41, 5.74) is 7.49. The second kappa shape index (κ2) is 7.17. The predicted octanol–water partition coefficient (Wildman–Crippen LogP) is 7.69. The highest BCUT2D eigenvalue weighted by atomic mass is 16.3. The predicted molar refractivity (Wildman–Crippen MR) is 124 cm³/mol. The van der Waals surface area contributed by atoms with Crippen LogP contribution in [0, 0.1) is 0 Å². The highest BCUT2D eigenvalue weighted by Gasteiger charge is 2.23. The summed E-state index contributed by atoms with van der Waals surface area (Å²) in [4.78, 5) is 5.05. The molecule has 3 heteroatoms. The van der Waals surface area contributed by atoms with Crippen LogP contribution in [-0.2, 0) is 0 Å². The summed E-state index contributed by atoms with van der Waals surface area (Å²) in [5.74, 6) is 1.58. The van der Waals surface area contributed by atoms with Gasteiger partial charge in [0.05, 0.1) is 23.7 Å². The first-order chi connectivity index (χ1) is 15.0. The SMILES string of the molecule is [2H]c1ccc2occ(-c3nc4ccccc4n3-c3c(C(C)C)cccc3C(C)C)c2c1. The van der Waals surface area contributed by atoms with Gasteiger partial charge in [0.1, 0.15) is 17.7 Å². The molecule has 0 radical (unpaired) electrons. The molecular formula is C27H26N2O. The molecular weight excluding hydrogens is 368 g/mol. The van der Waals surface area contributed by atoms with Gasteiger partial charge in [-0.2, -0.15) is 0 Å². The number of para-hydroxylation sites is 4. The van der Waals surface area contributed by atoms with Crippen LogP contribution in [0.15, 0.2) is 77.4 Å². The third kappa shape index (κ3) is 2.85. The van der Waals surface area contributed by atoms with Crippen LogP contribution in [0.25, 0.3) is 39.1 Å². The summed E-state index contributed by atoms with van der Waals surface area (Å²) in [6, 6.07) is 20.8. The van der Waals surface area contributed by atoms with E-state index in [2.05, 4.69) is 68.7 Å². The van der Waals surface area contributed by atoms with E-state index in [-0.39, 0.29) is 0 Å². The smallest absolute Gasteiger partial charge is 0.149 e. The first-order valence-corrected chi connectivity index (χ1v) is 10.5. The van der Waals surface area contributed by atoms with E-state index in [1.807, 2.05) is 18.2 Å². The molecule has 0 unspecified atom stereocenters. The molecule has 0 aliphatic rings. The van der Waals surface area contributed by atoms with Gasteiger partial charge in [-0.15, -0.1) is 0 Å². The number of imidazole rings is 1. The van der Waals surface area contributed by atoms with Gasteiger partial charge in [0, 0.05) is 5.39 Å². The lowest BCUT2D eigenvalue weighted by Gasteiger charge is -2.22. The Morgan fingerprint density at radius 3 is 2.33 bits per heavy atom. The van der Waals surface area contributed by atoms with E-state index in [1.165, 1.54) is 16.8 Å². The van der Waals surface area contributed by atoms with Crippen LogP contribution in [0.1, 0.15) is 52.0 Å². The Bertz CT molecular complexity index is 1380. The molecule has 3 aromatic carbocycles. The summed E-state index contributed by atoms with van der Waals surface area (Å²) >= 11 is 0. The third-order valence-electron chi connectivity index (χ3n) is 5.79. The van der Waals surface area contributed by atoms with Gasteiger partial charge in [-0.1, -0.05) is 76.2 Å². The first kappa shape index (κ1) is 17.5. The molecule has 2 aromatic heterocycles. The van der Waals surface area contributed by atoms with E-state index in [9.17, 15) is 0 Å². The average Bonchev–Trinajstić information content (AvgIpc) is 3.33. The minimum atomic E-state index is 0.364. The molecule has 0 aliphatic carbocycles. The van der Waals surface area contributed by atoms with Crippen LogP contribution in [0.4, 0.5) is 0 Å². The lowest BCUT2D eigenvalue weighted by molar-refractivity contribution is 0.616. The first-order valence-electron chi connectivity index (χ1n) is 11.0. The van der Waals surface area contributed by atoms with Gasteiger partial charge in [0.15, 0.2) is 0 Å². The minimum absolute atomic E-state index is 0.364. The summed E-state index contributed by atoms with van der Waals surface area (Å²) in [5, 5.41) is 0.914.